The molecule has 2 atom stereocenters. The Morgan fingerprint density at radius 2 is 1.79 bits per heavy atom. The summed E-state index contributed by atoms with van der Waals surface area (Å²) in [6.07, 6.45) is 0.705. The first-order chi connectivity index (χ1) is 20.8. The predicted molar refractivity (Wildman–Crippen MR) is 169 cm³/mol. The smallest absolute Gasteiger partial charge is 0.257 e. The molecule has 1 saturated heterocycles. The molecular weight excluding hydrogens is 614 g/mol. The number of carbonyl (C=O) groups is 3. The minimum atomic E-state index is -0.949. The van der Waals surface area contributed by atoms with E-state index in [-0.39, 0.29) is 37.5 Å². The number of aliphatic hydroxyl groups excluding tert-OH is 1. The third-order valence-electron chi connectivity index (χ3n) is 8.20. The van der Waals surface area contributed by atoms with E-state index >= 15 is 0 Å². The third-order valence-corrected chi connectivity index (χ3v) is 8.89. The second-order valence-electron chi connectivity index (χ2n) is 10.9. The van der Waals surface area contributed by atoms with Gasteiger partial charge in [0, 0.05) is 43.8 Å². The highest BCUT2D eigenvalue weighted by molar-refractivity contribution is 9.10. The molecule has 2 aliphatic heterocycles. The van der Waals surface area contributed by atoms with Gasteiger partial charge in [0.15, 0.2) is 5.75 Å². The number of carbonyl (C=O) groups excluding carboxylic acids is 3. The molecule has 0 bridgehead atoms. The molecule has 228 valence electrons. The van der Waals surface area contributed by atoms with Gasteiger partial charge in [-0.2, -0.15) is 0 Å². The topological polar surface area (TPSA) is 114 Å². The molecule has 10 nitrogen and oxygen atoms in total. The Kier molecular flexibility index (Phi) is 9.97. The molecule has 3 N–H and O–H groups in total. The van der Waals surface area contributed by atoms with Gasteiger partial charge < -0.3 is 30.3 Å². The minimum absolute atomic E-state index is 0.106. The van der Waals surface area contributed by atoms with Crippen molar-refractivity contribution in [3.05, 3.63) is 70.2 Å². The van der Waals surface area contributed by atoms with Crippen molar-refractivity contribution in [2.24, 2.45) is 0 Å². The average molecular weight is 653 g/mol. The summed E-state index contributed by atoms with van der Waals surface area (Å²) in [5, 5.41) is 16.9. The number of aliphatic hydroxyl groups is 1. The van der Waals surface area contributed by atoms with E-state index in [1.54, 1.807) is 37.1 Å². The van der Waals surface area contributed by atoms with E-state index in [2.05, 4.69) is 31.5 Å². The first-order valence-corrected chi connectivity index (χ1v) is 15.4. The van der Waals surface area contributed by atoms with Crippen molar-refractivity contribution in [3.63, 3.8) is 0 Å². The van der Waals surface area contributed by atoms with Crippen LogP contribution in [0.2, 0.25) is 0 Å². The number of hydrogen-bond donors (Lipinski definition) is 3. The number of amides is 3. The Labute approximate surface area is 260 Å². The summed E-state index contributed by atoms with van der Waals surface area (Å²) in [7, 11) is 1.68. The van der Waals surface area contributed by atoms with E-state index in [4.69, 9.17) is 9.84 Å². The lowest BCUT2D eigenvalue weighted by molar-refractivity contribution is -0.129. The number of benzene rings is 3. The van der Waals surface area contributed by atoms with Gasteiger partial charge in [-0.1, -0.05) is 52.3 Å². The molecule has 1 fully saturated rings. The molecule has 0 aliphatic carbocycles. The van der Waals surface area contributed by atoms with Gasteiger partial charge in [0.1, 0.15) is 12.6 Å². The fraction of sp³-hybridized carbons (Fsp3) is 0.406. The minimum Gasteiger partial charge on any atom is -0.488 e. The molecule has 3 aromatic carbocycles. The molecule has 11 heteroatoms. The van der Waals surface area contributed by atoms with Gasteiger partial charge in [0.25, 0.3) is 11.8 Å². The SMILES string of the molecule is CN[C@@H](C)C(=O)N[C@H]1COc2c(C(=O)N3CCN(CCCO)CC3)cccc2N(Cc2ccc(Br)c3ccccc23)C1=O. The molecule has 3 aromatic rings. The largest absolute Gasteiger partial charge is 0.488 e. The number of para-hydroxylation sites is 1. The molecule has 2 aliphatic rings. The maximum Gasteiger partial charge on any atom is 0.257 e. The van der Waals surface area contributed by atoms with Crippen LogP contribution in [0.1, 0.15) is 29.3 Å². The lowest BCUT2D eigenvalue weighted by Crippen LogP contribution is -2.53. The summed E-state index contributed by atoms with van der Waals surface area (Å²) in [6, 6.07) is 15.8. The maximum atomic E-state index is 14.2. The highest BCUT2D eigenvalue weighted by Gasteiger charge is 2.36. The van der Waals surface area contributed by atoms with E-state index in [1.165, 1.54) is 0 Å². The van der Waals surface area contributed by atoms with Gasteiger partial charge >= 0.3 is 0 Å². The summed E-state index contributed by atoms with van der Waals surface area (Å²) in [4.78, 5) is 46.5. The van der Waals surface area contributed by atoms with Crippen molar-refractivity contribution >= 4 is 50.1 Å². The number of fused-ring (bicyclic) bond motifs is 2. The molecule has 43 heavy (non-hydrogen) atoms. The van der Waals surface area contributed by atoms with Crippen LogP contribution < -0.4 is 20.3 Å². The van der Waals surface area contributed by atoms with Crippen LogP contribution in [0.3, 0.4) is 0 Å². The van der Waals surface area contributed by atoms with Gasteiger partial charge in [0.2, 0.25) is 5.91 Å². The zero-order valence-electron chi connectivity index (χ0n) is 24.5. The third kappa shape index (κ3) is 6.70. The van der Waals surface area contributed by atoms with Crippen molar-refractivity contribution < 1.29 is 24.2 Å². The zero-order valence-corrected chi connectivity index (χ0v) is 26.1. The number of hydrogen-bond acceptors (Lipinski definition) is 7. The number of nitrogens with zero attached hydrogens (tertiary/aromatic N) is 3. The van der Waals surface area contributed by atoms with Crippen LogP contribution in [0, 0.1) is 0 Å². The lowest BCUT2D eigenvalue weighted by Gasteiger charge is -2.35. The normalized spacial score (nSPS) is 18.1. The number of piperazine rings is 1. The lowest BCUT2D eigenvalue weighted by atomic mass is 10.0. The summed E-state index contributed by atoms with van der Waals surface area (Å²) < 4.78 is 7.20. The first kappa shape index (κ1) is 30.9. The fourth-order valence-electron chi connectivity index (χ4n) is 5.57. The molecule has 5 rings (SSSR count). The number of anilines is 1. The monoisotopic (exact) mass is 651 g/mol. The van der Waals surface area contributed by atoms with Crippen LogP contribution in [0.25, 0.3) is 10.8 Å². The molecule has 0 radical (unpaired) electrons. The van der Waals surface area contributed by atoms with Crippen LogP contribution in [0.15, 0.2) is 59.1 Å². The van der Waals surface area contributed by atoms with E-state index in [9.17, 15) is 14.4 Å². The highest BCUT2D eigenvalue weighted by Crippen LogP contribution is 2.38. The second kappa shape index (κ2) is 13.9. The molecule has 2 heterocycles. The molecule has 0 aromatic heterocycles. The second-order valence-corrected chi connectivity index (χ2v) is 11.8. The number of rotatable bonds is 9. The summed E-state index contributed by atoms with van der Waals surface area (Å²) >= 11 is 3.63. The van der Waals surface area contributed by atoms with Crippen LogP contribution in [-0.2, 0) is 16.1 Å². The van der Waals surface area contributed by atoms with Gasteiger partial charge in [-0.05, 0) is 54.9 Å². The van der Waals surface area contributed by atoms with Crippen LogP contribution >= 0.6 is 15.9 Å². The Balaban J connectivity index is 1.50. The Bertz CT molecular complexity index is 1490. The molecular formula is C32H38BrN5O5. The number of likely N-dealkylation sites (N-methyl/N-ethyl adjacent to an activating group) is 1. The maximum absolute atomic E-state index is 14.2. The van der Waals surface area contributed by atoms with Crippen molar-refractivity contribution in [2.45, 2.75) is 32.0 Å². The quantitative estimate of drug-likeness (QED) is 0.326. The van der Waals surface area contributed by atoms with E-state index in [1.807, 2.05) is 41.3 Å². The molecule has 0 spiro atoms. The standard InChI is InChI=1S/C32H38BrN5O5/c1-21(34-2)30(40)35-27-20-43-29-25(31(41)37-16-14-36(15-17-37)13-6-18-39)9-5-10-28(29)38(32(27)42)19-22-11-12-26(33)24-8-4-3-7-23(22)24/h3-5,7-12,21,27,34,39H,6,13-20H2,1-2H3,(H,35,40)/t21-,27-/m0/s1. The first-order valence-electron chi connectivity index (χ1n) is 14.7. The van der Waals surface area contributed by atoms with Gasteiger partial charge in [-0.3, -0.25) is 19.3 Å². The summed E-state index contributed by atoms with van der Waals surface area (Å²) in [5.41, 5.74) is 1.79. The van der Waals surface area contributed by atoms with Crippen molar-refractivity contribution in [1.82, 2.24) is 20.4 Å². The Hall–Kier alpha value is -3.51. The van der Waals surface area contributed by atoms with Gasteiger partial charge in [-0.15, -0.1) is 0 Å². The van der Waals surface area contributed by atoms with Crippen molar-refractivity contribution in [1.29, 1.82) is 0 Å². The van der Waals surface area contributed by atoms with E-state index < -0.39 is 12.1 Å². The fourth-order valence-corrected chi connectivity index (χ4v) is 6.05. The summed E-state index contributed by atoms with van der Waals surface area (Å²) in [6.45, 7) is 5.34. The Morgan fingerprint density at radius 1 is 1.05 bits per heavy atom. The summed E-state index contributed by atoms with van der Waals surface area (Å²) in [5.74, 6) is -0.459. The van der Waals surface area contributed by atoms with Crippen molar-refractivity contribution in [3.8, 4) is 5.75 Å². The van der Waals surface area contributed by atoms with Crippen LogP contribution in [-0.4, -0.2) is 97.7 Å². The van der Waals surface area contributed by atoms with E-state index in [0.717, 1.165) is 40.4 Å². The molecule has 3 amide bonds. The van der Waals surface area contributed by atoms with Gasteiger partial charge in [-0.25, -0.2) is 0 Å². The van der Waals surface area contributed by atoms with Crippen molar-refractivity contribution in [2.75, 3.05) is 57.9 Å². The molecule has 0 saturated carbocycles. The average Bonchev–Trinajstić information content (AvgIpc) is 3.16. The predicted octanol–water partition coefficient (Wildman–Crippen LogP) is 2.76. The Morgan fingerprint density at radius 3 is 2.51 bits per heavy atom. The van der Waals surface area contributed by atoms with E-state index in [0.29, 0.717) is 36.5 Å². The van der Waals surface area contributed by atoms with Crippen LogP contribution in [0.5, 0.6) is 5.75 Å². The zero-order chi connectivity index (χ0) is 30.5. The number of nitrogens with one attached hydrogen (secondary N) is 2. The number of halogens is 1. The highest BCUT2D eigenvalue weighted by atomic mass is 79.9. The van der Waals surface area contributed by atoms with Crippen LogP contribution in [0.4, 0.5) is 5.69 Å². The van der Waals surface area contributed by atoms with Gasteiger partial charge in [0.05, 0.1) is 23.8 Å². The number of ether oxygens (including phenoxy) is 1. The molecule has 0 unspecified atom stereocenters.